The van der Waals surface area contributed by atoms with Gasteiger partial charge in [0.05, 0.1) is 67.9 Å². The molecule has 3 aliphatic rings. The van der Waals surface area contributed by atoms with Crippen LogP contribution in [0.5, 0.6) is 17.2 Å². The van der Waals surface area contributed by atoms with E-state index in [1.165, 1.54) is 43.5 Å². The Morgan fingerprint density at radius 1 is 0.465 bits per heavy atom. The fourth-order valence-corrected chi connectivity index (χ4v) is 17.3. The highest BCUT2D eigenvalue weighted by Crippen LogP contribution is 2.43. The van der Waals surface area contributed by atoms with Gasteiger partial charge in [-0.2, -0.15) is 0 Å². The molecule has 0 radical (unpaired) electrons. The van der Waals surface area contributed by atoms with Gasteiger partial charge >= 0.3 is 31.0 Å². The second-order valence-electron chi connectivity index (χ2n) is 29.1. The maximum Gasteiger partial charge on any atom is 0.573 e. The second-order valence-corrected chi connectivity index (χ2v) is 31.4. The van der Waals surface area contributed by atoms with Gasteiger partial charge < -0.3 is 56.9 Å². The number of hydrogen-bond acceptors (Lipinski definition) is 11. The Morgan fingerprint density at radius 2 is 0.781 bits per heavy atom. The van der Waals surface area contributed by atoms with Crippen LogP contribution in [-0.2, 0) is 64.3 Å². The molecule has 0 aliphatic carbocycles. The number of rotatable bonds is 18. The first-order valence-corrected chi connectivity index (χ1v) is 38.8. The molecule has 2 unspecified atom stereocenters. The number of carbonyl (C=O) groups excluding carboxylic acids is 6. The fraction of sp³-hybridized carbons (Fsp3) is 0.415. The summed E-state index contributed by atoms with van der Waals surface area (Å²) in [5, 5.41) is 4.17. The van der Waals surface area contributed by atoms with Crippen molar-refractivity contribution in [3.8, 4) is 17.2 Å². The zero-order valence-electron chi connectivity index (χ0n) is 63.8. The number of esters is 2. The molecule has 17 nitrogen and oxygen atoms in total. The number of piperidine rings is 3. The number of carbonyl (C=O) groups is 6. The van der Waals surface area contributed by atoms with Crippen LogP contribution in [0.15, 0.2) is 91.4 Å². The number of hydrogen-bond donors (Lipinski definition) is 0. The van der Waals surface area contributed by atoms with Gasteiger partial charge in [0, 0.05) is 161 Å². The normalized spacial score (nSPS) is 15.9. The summed E-state index contributed by atoms with van der Waals surface area (Å²) >= 11 is 39.8. The van der Waals surface area contributed by atoms with Gasteiger partial charge in [-0.3, -0.25) is 24.0 Å². The largest absolute Gasteiger partial charge is 0.573 e. The molecule has 612 valence electrons. The van der Waals surface area contributed by atoms with Gasteiger partial charge in [-0.05, 0) is 189 Å². The van der Waals surface area contributed by atoms with E-state index in [1.807, 2.05) is 19.3 Å². The summed E-state index contributed by atoms with van der Waals surface area (Å²) < 4.78 is 142. The van der Waals surface area contributed by atoms with E-state index in [-0.39, 0.29) is 111 Å². The van der Waals surface area contributed by atoms with Crippen LogP contribution in [0.2, 0.25) is 30.1 Å². The van der Waals surface area contributed by atoms with Crippen molar-refractivity contribution in [2.45, 2.75) is 125 Å². The van der Waals surface area contributed by atoms with Crippen LogP contribution >= 0.6 is 69.6 Å². The van der Waals surface area contributed by atoms with Crippen molar-refractivity contribution in [2.24, 2.45) is 44.8 Å². The maximum absolute atomic E-state index is 13.5. The number of aromatic nitrogens is 3. The van der Waals surface area contributed by atoms with Gasteiger partial charge in [-0.25, -0.2) is 0 Å². The molecule has 0 spiro atoms. The zero-order valence-corrected chi connectivity index (χ0v) is 68.4. The third-order valence-corrected chi connectivity index (χ3v) is 23.3. The molecule has 3 amide bonds. The summed E-state index contributed by atoms with van der Waals surface area (Å²) in [5.41, 5.74) is 8.56. The standard InChI is InChI=1S/C28H29Cl2F3N2O4.C27H27Cl2F3N2O4.C27H27Cl2F3N2O3/c1-5-38-27(37)19-8-9-35(13-16(19)3)26(36)20-6-7-22(29)21(25(20)30)11-17-14-34(4)23-12-18(39-28(31,32)33)10-15(2)24(17)23;1-15-10-18(38-27(30,31)32)13-22-24(15)17(14-33(22)2)12-20-21(28)5-4-19(25(20)29)26(36)34-8-6-16(7-9-34)11-23(35)37-3;1-15-10-19(37-27(30,31)32)13-23-24(15)18(14-33(23)3)12-21-22(28)5-4-20(25(21)29)26(36)34-8-6-17(7-9-34)11-16(2)35/h6-7,10,12,14,16,19H,5,8-9,11,13H2,1-4H3;4-5,10,13-14,16H,6-9,11-12H2,1-3H3;4-5,10,13-14,17H,6-9,11-12H2,1-3H3. The van der Waals surface area contributed by atoms with E-state index in [2.05, 4.69) is 14.2 Å². The van der Waals surface area contributed by atoms with Gasteiger partial charge in [0.2, 0.25) is 0 Å². The number of ether oxygens (including phenoxy) is 5. The number of Topliss-reactive ketones (excluding diaryl/α,β-unsaturated/α-hetero) is 1. The predicted molar refractivity (Wildman–Crippen MR) is 420 cm³/mol. The number of halogens is 15. The topological polar surface area (TPSA) is 173 Å². The molecule has 114 heavy (non-hydrogen) atoms. The molecule has 3 saturated heterocycles. The quantitative estimate of drug-likeness (QED) is 0.0591. The molecule has 2 atom stereocenters. The predicted octanol–water partition coefficient (Wildman–Crippen LogP) is 20.8. The van der Waals surface area contributed by atoms with Crippen molar-refractivity contribution in [3.63, 3.8) is 0 Å². The third kappa shape index (κ3) is 21.0. The SMILES string of the molecule is CC(=O)CC1CCN(C(=O)c2ccc(Cl)c(Cc3cn(C)c4cc(OC(F)(F)F)cc(C)c34)c2Cl)CC1.CCOC(=O)C1CCN(C(=O)c2ccc(Cl)c(Cc3cn(C)c4cc(OC(F)(F)F)cc(C)c34)c2Cl)CC1C.COC(=O)CC1CCN(C(=O)c2ccc(Cl)c(Cc3cn(C)c4cc(OC(F)(F)F)cc(C)c34)c2Cl)CC1. The highest BCUT2D eigenvalue weighted by atomic mass is 35.5. The summed E-state index contributed by atoms with van der Waals surface area (Å²) in [7, 11) is 6.56. The van der Waals surface area contributed by atoms with Crippen molar-refractivity contribution in [3.05, 3.63) is 188 Å². The van der Waals surface area contributed by atoms with E-state index >= 15 is 0 Å². The molecule has 3 fully saturated rings. The lowest BCUT2D eigenvalue weighted by Gasteiger charge is -2.36. The molecule has 6 aromatic carbocycles. The number of benzene rings is 6. The van der Waals surface area contributed by atoms with Crippen molar-refractivity contribution < 1.29 is 92.0 Å². The summed E-state index contributed by atoms with van der Waals surface area (Å²) in [6.07, 6.45) is -3.86. The van der Waals surface area contributed by atoms with Gasteiger partial charge in [0.1, 0.15) is 23.0 Å². The second kappa shape index (κ2) is 36.3. The number of alkyl halides is 9. The highest BCUT2D eigenvalue weighted by molar-refractivity contribution is 6.39. The lowest BCUT2D eigenvalue weighted by molar-refractivity contribution is -0.275. The van der Waals surface area contributed by atoms with E-state index in [4.69, 9.17) is 79.1 Å². The monoisotopic (exact) mass is 1710 g/mol. The van der Waals surface area contributed by atoms with Crippen LogP contribution in [0.4, 0.5) is 39.5 Å². The van der Waals surface area contributed by atoms with Crippen molar-refractivity contribution in [1.29, 1.82) is 0 Å². The minimum atomic E-state index is -4.80. The van der Waals surface area contributed by atoms with E-state index in [0.717, 1.165) is 45.7 Å². The lowest BCUT2D eigenvalue weighted by Crippen LogP contribution is -2.45. The minimum Gasteiger partial charge on any atom is -0.469 e. The fourth-order valence-electron chi connectivity index (χ4n) is 15.6. The Morgan fingerprint density at radius 3 is 1.08 bits per heavy atom. The summed E-state index contributed by atoms with van der Waals surface area (Å²) in [6.45, 7) is 13.6. The van der Waals surface area contributed by atoms with Crippen LogP contribution in [0.1, 0.15) is 147 Å². The van der Waals surface area contributed by atoms with Crippen LogP contribution in [0, 0.1) is 44.4 Å². The van der Waals surface area contributed by atoms with Crippen LogP contribution in [0.25, 0.3) is 32.7 Å². The van der Waals surface area contributed by atoms with E-state index in [9.17, 15) is 68.3 Å². The number of amides is 3. The number of fused-ring (bicyclic) bond motifs is 3. The van der Waals surface area contributed by atoms with E-state index < -0.39 is 19.1 Å². The molecular formula is C82H83Cl6F9N6O11. The molecule has 6 heterocycles. The van der Waals surface area contributed by atoms with Gasteiger partial charge in [-0.1, -0.05) is 76.5 Å². The van der Waals surface area contributed by atoms with E-state index in [1.54, 1.807) is 127 Å². The smallest absolute Gasteiger partial charge is 0.469 e. The first-order chi connectivity index (χ1) is 53.5. The first kappa shape index (κ1) is 87.8. The number of aryl methyl sites for hydroxylation is 6. The lowest BCUT2D eigenvalue weighted by atomic mass is 9.86. The molecule has 32 heteroatoms. The van der Waals surface area contributed by atoms with Crippen molar-refractivity contribution in [1.82, 2.24) is 28.4 Å². The molecule has 9 aromatic rings. The highest BCUT2D eigenvalue weighted by Gasteiger charge is 2.38. The summed E-state index contributed by atoms with van der Waals surface area (Å²) in [4.78, 5) is 80.5. The van der Waals surface area contributed by atoms with Crippen molar-refractivity contribution >= 4 is 138 Å². The molecule has 3 aliphatic heterocycles. The molecule has 0 saturated carbocycles. The zero-order chi connectivity index (χ0) is 83.5. The van der Waals surface area contributed by atoms with Crippen LogP contribution in [0.3, 0.4) is 0 Å². The Hall–Kier alpha value is -8.53. The Bertz CT molecular complexity index is 5160. The third-order valence-electron chi connectivity index (χ3n) is 20.9. The first-order valence-electron chi connectivity index (χ1n) is 36.6. The number of ketones is 1. The number of likely N-dealkylation sites (tertiary alicyclic amines) is 3. The van der Waals surface area contributed by atoms with Gasteiger partial charge in [0.15, 0.2) is 0 Å². The summed E-state index contributed by atoms with van der Waals surface area (Å²) in [6, 6.07) is 17.8. The van der Waals surface area contributed by atoms with Crippen molar-refractivity contribution in [2.75, 3.05) is 53.0 Å². The van der Waals surface area contributed by atoms with Crippen LogP contribution in [-0.4, -0.2) is 136 Å². The Labute approximate surface area is 682 Å². The maximum atomic E-state index is 13.5. The minimum absolute atomic E-state index is 0.0721. The average Bonchev–Trinajstić information content (AvgIpc) is 1.58. The van der Waals surface area contributed by atoms with Gasteiger partial charge in [0.25, 0.3) is 17.7 Å². The number of methoxy groups -OCH3 is 1. The van der Waals surface area contributed by atoms with Gasteiger partial charge in [-0.15, -0.1) is 39.5 Å². The molecule has 0 bridgehead atoms. The molecular weight excluding hydrogens is 1630 g/mol. The molecule has 0 N–H and O–H groups in total. The average molecular weight is 1710 g/mol. The van der Waals surface area contributed by atoms with E-state index in [0.29, 0.717) is 160 Å². The molecule has 12 rings (SSSR count). The summed E-state index contributed by atoms with van der Waals surface area (Å²) in [5.74, 6) is -1.77. The number of nitrogens with zero attached hydrogens (tertiary/aromatic N) is 6. The Kier molecular flexibility index (Phi) is 28.0. The van der Waals surface area contributed by atoms with Crippen LogP contribution < -0.4 is 14.2 Å². The molecule has 3 aromatic heterocycles. The Balaban J connectivity index is 0.000000181.